The molecule has 7 aliphatic rings. The van der Waals surface area contributed by atoms with E-state index in [-0.39, 0.29) is 0 Å². The average molecular weight is 502 g/mol. The number of hydrogen-bond donors (Lipinski definition) is 0. The summed E-state index contributed by atoms with van der Waals surface area (Å²) in [7, 11) is 0. The van der Waals surface area contributed by atoms with Gasteiger partial charge in [0.25, 0.3) is 0 Å². The molecular formula is C14H14Br4. The van der Waals surface area contributed by atoms with Gasteiger partial charge in [-0.1, -0.05) is 63.7 Å². The fourth-order valence-electron chi connectivity index (χ4n) is 7.63. The lowest BCUT2D eigenvalue weighted by molar-refractivity contribution is 0.0993. The number of rotatable bonds is 0. The van der Waals surface area contributed by atoms with E-state index in [2.05, 4.69) is 63.7 Å². The molecule has 0 amide bonds. The maximum atomic E-state index is 4.31. The molecule has 0 N–H and O–H groups in total. The van der Waals surface area contributed by atoms with E-state index < -0.39 is 0 Å². The Labute approximate surface area is 141 Å². The molecule has 0 aromatic carbocycles. The number of alkyl halides is 4. The molecule has 0 nitrogen and oxygen atoms in total. The van der Waals surface area contributed by atoms with Crippen LogP contribution in [-0.2, 0) is 0 Å². The summed E-state index contributed by atoms with van der Waals surface area (Å²) in [5, 5.41) is 0. The van der Waals surface area contributed by atoms with Gasteiger partial charge in [-0.2, -0.15) is 0 Å². The van der Waals surface area contributed by atoms with E-state index >= 15 is 0 Å². The van der Waals surface area contributed by atoms with Gasteiger partial charge >= 0.3 is 0 Å². The quantitative estimate of drug-likeness (QED) is 0.427. The minimum atomic E-state index is 0.400. The smallest absolute Gasteiger partial charge is 0.0461 e. The molecule has 8 atom stereocenters. The lowest BCUT2D eigenvalue weighted by Crippen LogP contribution is -2.65. The van der Waals surface area contributed by atoms with Gasteiger partial charge in [0.1, 0.15) is 0 Å². The molecule has 0 aromatic heterocycles. The average Bonchev–Trinajstić information content (AvgIpc) is 2.79. The third-order valence-electron chi connectivity index (χ3n) is 7.78. The summed E-state index contributed by atoms with van der Waals surface area (Å²) >= 11 is 16.8. The van der Waals surface area contributed by atoms with Crippen molar-refractivity contribution in [3.8, 4) is 0 Å². The van der Waals surface area contributed by atoms with E-state index in [0.29, 0.717) is 18.3 Å². The number of hydrogen-bond acceptors (Lipinski definition) is 0. The highest BCUT2D eigenvalue weighted by Gasteiger charge is 2.89. The standard InChI is InChI=1S/C14H14Br4/c15-11-5-2-6-13(11,17)9-4-1-3-7(9)8(3)10(4)14(6,18)12(5)16/h3-12H,1-2H2. The van der Waals surface area contributed by atoms with Crippen LogP contribution in [0.4, 0.5) is 0 Å². The monoisotopic (exact) mass is 498 g/mol. The highest BCUT2D eigenvalue weighted by atomic mass is 79.9. The second-order valence-electron chi connectivity index (χ2n) is 7.68. The minimum Gasteiger partial charge on any atom is -0.0872 e. The first-order valence-corrected chi connectivity index (χ1v) is 10.6. The zero-order valence-electron chi connectivity index (χ0n) is 9.70. The zero-order valence-corrected chi connectivity index (χ0v) is 16.0. The van der Waals surface area contributed by atoms with Crippen LogP contribution in [0.15, 0.2) is 0 Å². The summed E-state index contributed by atoms with van der Waals surface area (Å²) in [6, 6.07) is 0. The van der Waals surface area contributed by atoms with Gasteiger partial charge in [-0.25, -0.2) is 0 Å². The fourth-order valence-corrected chi connectivity index (χ4v) is 13.7. The van der Waals surface area contributed by atoms with Crippen molar-refractivity contribution < 1.29 is 0 Å². The molecule has 0 saturated heterocycles. The second kappa shape index (κ2) is 2.88. The lowest BCUT2D eigenvalue weighted by atomic mass is 9.60. The Hall–Kier alpha value is 1.92. The van der Waals surface area contributed by atoms with Crippen LogP contribution < -0.4 is 0 Å². The summed E-state index contributed by atoms with van der Waals surface area (Å²) in [4.78, 5) is 1.35. The second-order valence-corrected chi connectivity index (χ2v) is 12.4. The van der Waals surface area contributed by atoms with E-state index in [1.807, 2.05) is 0 Å². The highest BCUT2D eigenvalue weighted by Crippen LogP contribution is 2.90. The summed E-state index contributed by atoms with van der Waals surface area (Å²) in [5.41, 5.74) is 0. The predicted molar refractivity (Wildman–Crippen MR) is 85.9 cm³/mol. The summed E-state index contributed by atoms with van der Waals surface area (Å²) < 4.78 is 0.800. The van der Waals surface area contributed by atoms with Gasteiger partial charge in [0.05, 0.1) is 0 Å². The van der Waals surface area contributed by atoms with Crippen LogP contribution in [0, 0.1) is 47.3 Å². The van der Waals surface area contributed by atoms with Crippen molar-refractivity contribution in [3.63, 3.8) is 0 Å². The first kappa shape index (κ1) is 11.5. The molecule has 0 heterocycles. The van der Waals surface area contributed by atoms with Crippen LogP contribution in [-0.4, -0.2) is 18.3 Å². The molecule has 7 rings (SSSR count). The van der Waals surface area contributed by atoms with E-state index in [1.54, 1.807) is 6.42 Å². The van der Waals surface area contributed by atoms with Gasteiger partial charge in [0, 0.05) is 18.3 Å². The highest BCUT2D eigenvalue weighted by molar-refractivity contribution is 9.13. The van der Waals surface area contributed by atoms with Crippen LogP contribution in [0.5, 0.6) is 0 Å². The predicted octanol–water partition coefficient (Wildman–Crippen LogP) is 4.57. The maximum Gasteiger partial charge on any atom is 0.0461 e. The maximum absolute atomic E-state index is 4.31. The molecule has 4 heteroatoms. The Kier molecular flexibility index (Phi) is 1.84. The van der Waals surface area contributed by atoms with Crippen LogP contribution in [0.25, 0.3) is 0 Å². The van der Waals surface area contributed by atoms with E-state index in [4.69, 9.17) is 0 Å². The molecule has 7 saturated carbocycles. The third-order valence-corrected chi connectivity index (χ3v) is 15.0. The summed E-state index contributed by atoms with van der Waals surface area (Å²) in [6.45, 7) is 0. The van der Waals surface area contributed by atoms with Crippen molar-refractivity contribution in [2.45, 2.75) is 31.1 Å². The van der Waals surface area contributed by atoms with Crippen LogP contribution in [0.2, 0.25) is 0 Å². The fraction of sp³-hybridized carbons (Fsp3) is 1.00. The first-order chi connectivity index (χ1) is 8.52. The molecule has 18 heavy (non-hydrogen) atoms. The molecule has 7 fully saturated rings. The Morgan fingerprint density at radius 1 is 0.722 bits per heavy atom. The third kappa shape index (κ3) is 0.803. The summed E-state index contributed by atoms with van der Waals surface area (Å²) in [5.74, 6) is 7.91. The molecule has 0 aromatic rings. The van der Waals surface area contributed by atoms with E-state index in [9.17, 15) is 0 Å². The molecule has 0 aliphatic heterocycles. The van der Waals surface area contributed by atoms with E-state index in [0.717, 1.165) is 47.3 Å². The molecule has 98 valence electrons. The molecule has 0 spiro atoms. The van der Waals surface area contributed by atoms with Gasteiger partial charge in [0.15, 0.2) is 0 Å². The van der Waals surface area contributed by atoms with Gasteiger partial charge < -0.3 is 0 Å². The Morgan fingerprint density at radius 3 is 1.72 bits per heavy atom. The van der Waals surface area contributed by atoms with Crippen molar-refractivity contribution in [1.82, 2.24) is 0 Å². The number of halogens is 4. The molecule has 0 radical (unpaired) electrons. The molecule has 7 aliphatic carbocycles. The van der Waals surface area contributed by atoms with Gasteiger partial charge in [0.2, 0.25) is 0 Å². The van der Waals surface area contributed by atoms with Crippen molar-refractivity contribution in [1.29, 1.82) is 0 Å². The van der Waals surface area contributed by atoms with Crippen LogP contribution >= 0.6 is 63.7 Å². The Bertz CT molecular complexity index is 456. The number of fused-ring (bicyclic) bond motifs is 1. The Balaban J connectivity index is 1.67. The molecule has 8 bridgehead atoms. The minimum absolute atomic E-state index is 0.400. The zero-order chi connectivity index (χ0) is 12.2. The van der Waals surface area contributed by atoms with Crippen molar-refractivity contribution in [2.24, 2.45) is 47.3 Å². The van der Waals surface area contributed by atoms with Gasteiger partial charge in [-0.15, -0.1) is 0 Å². The van der Waals surface area contributed by atoms with Crippen molar-refractivity contribution in [2.75, 3.05) is 0 Å². The normalized spacial score (nSPS) is 84.7. The molecular weight excluding hydrogens is 488 g/mol. The van der Waals surface area contributed by atoms with Crippen LogP contribution in [0.1, 0.15) is 12.8 Å². The van der Waals surface area contributed by atoms with Gasteiger partial charge in [-0.05, 0) is 60.2 Å². The first-order valence-electron chi connectivity index (χ1n) is 7.18. The van der Waals surface area contributed by atoms with Crippen molar-refractivity contribution >= 4 is 63.7 Å². The topological polar surface area (TPSA) is 0 Å². The molecule has 8 unspecified atom stereocenters. The van der Waals surface area contributed by atoms with Crippen LogP contribution in [0.3, 0.4) is 0 Å². The summed E-state index contributed by atoms with van der Waals surface area (Å²) in [6.07, 6.45) is 2.95. The van der Waals surface area contributed by atoms with Crippen molar-refractivity contribution in [3.05, 3.63) is 0 Å². The lowest BCUT2D eigenvalue weighted by Gasteiger charge is -2.58. The Morgan fingerprint density at radius 2 is 1.28 bits per heavy atom. The van der Waals surface area contributed by atoms with E-state index in [1.165, 1.54) is 6.42 Å². The van der Waals surface area contributed by atoms with Gasteiger partial charge in [-0.3, -0.25) is 0 Å². The SMILES string of the molecule is BrC1C2CC3C1(Br)C1C4CC5C1C5C4C3(Br)C2Br. The largest absolute Gasteiger partial charge is 0.0872 e.